The van der Waals surface area contributed by atoms with E-state index < -0.39 is 0 Å². The van der Waals surface area contributed by atoms with Gasteiger partial charge in [0.25, 0.3) is 0 Å². The molecule has 0 heterocycles. The smallest absolute Gasteiger partial charge is 0.0471 e. The topological polar surface area (TPSA) is 66.5 Å². The summed E-state index contributed by atoms with van der Waals surface area (Å²) in [6, 6.07) is 7.73. The summed E-state index contributed by atoms with van der Waals surface area (Å²) in [5.74, 6) is 0. The summed E-state index contributed by atoms with van der Waals surface area (Å²) in [6.45, 7) is 0.279. The second-order valence-electron chi connectivity index (χ2n) is 3.33. The van der Waals surface area contributed by atoms with Crippen LogP contribution in [0.3, 0.4) is 0 Å². The van der Waals surface area contributed by atoms with Crippen molar-refractivity contribution in [3.8, 4) is 0 Å². The molecule has 1 atom stereocenters. The van der Waals surface area contributed by atoms with E-state index in [0.29, 0.717) is 12.8 Å². The van der Waals surface area contributed by atoms with Gasteiger partial charge < -0.3 is 15.9 Å². The van der Waals surface area contributed by atoms with Crippen LogP contribution in [0.15, 0.2) is 24.3 Å². The highest BCUT2D eigenvalue weighted by Crippen LogP contribution is 2.14. The summed E-state index contributed by atoms with van der Waals surface area (Å²) in [6.07, 6.45) is 1.26. The monoisotopic (exact) mass is 195 g/mol. The Morgan fingerprint density at radius 1 is 1.07 bits per heavy atom. The van der Waals surface area contributed by atoms with Gasteiger partial charge in [-0.15, -0.1) is 0 Å². The van der Waals surface area contributed by atoms with Crippen molar-refractivity contribution in [2.75, 3.05) is 13.2 Å². The van der Waals surface area contributed by atoms with Gasteiger partial charge in [0.05, 0.1) is 0 Å². The van der Waals surface area contributed by atoms with Gasteiger partial charge in [0.1, 0.15) is 0 Å². The Bertz CT molecular complexity index is 258. The van der Waals surface area contributed by atoms with Gasteiger partial charge in [-0.05, 0) is 24.0 Å². The van der Waals surface area contributed by atoms with Crippen molar-refractivity contribution in [3.05, 3.63) is 35.4 Å². The highest BCUT2D eigenvalue weighted by Gasteiger charge is 2.04. The van der Waals surface area contributed by atoms with Gasteiger partial charge in [0, 0.05) is 19.3 Å². The Morgan fingerprint density at radius 2 is 1.71 bits per heavy atom. The first-order valence-corrected chi connectivity index (χ1v) is 4.84. The third-order valence-electron chi connectivity index (χ3n) is 2.25. The van der Waals surface area contributed by atoms with E-state index in [4.69, 9.17) is 15.9 Å². The highest BCUT2D eigenvalue weighted by molar-refractivity contribution is 5.24. The molecule has 0 aliphatic carbocycles. The van der Waals surface area contributed by atoms with Crippen LogP contribution in [-0.2, 0) is 6.42 Å². The van der Waals surface area contributed by atoms with Crippen LogP contribution in [0.5, 0.6) is 0 Å². The summed E-state index contributed by atoms with van der Waals surface area (Å²) in [5, 5.41) is 17.4. The number of benzene rings is 1. The second-order valence-corrected chi connectivity index (χ2v) is 3.33. The number of rotatable bonds is 5. The van der Waals surface area contributed by atoms with Crippen LogP contribution in [0.1, 0.15) is 23.6 Å². The molecule has 4 N–H and O–H groups in total. The number of hydrogen-bond acceptors (Lipinski definition) is 3. The Morgan fingerprint density at radius 3 is 2.21 bits per heavy atom. The molecule has 1 aromatic carbocycles. The predicted octanol–water partition coefficient (Wildman–Crippen LogP) is 0.604. The van der Waals surface area contributed by atoms with Crippen molar-refractivity contribution in [3.63, 3.8) is 0 Å². The molecular weight excluding hydrogens is 178 g/mol. The lowest BCUT2D eigenvalue weighted by molar-refractivity contribution is 0.276. The molecule has 14 heavy (non-hydrogen) atoms. The third kappa shape index (κ3) is 3.10. The highest BCUT2D eigenvalue weighted by atomic mass is 16.3. The molecule has 0 aliphatic rings. The van der Waals surface area contributed by atoms with Gasteiger partial charge in [-0.25, -0.2) is 0 Å². The van der Waals surface area contributed by atoms with Gasteiger partial charge in [-0.1, -0.05) is 24.3 Å². The van der Waals surface area contributed by atoms with Crippen molar-refractivity contribution in [2.24, 2.45) is 5.73 Å². The maximum Gasteiger partial charge on any atom is 0.0471 e. The van der Waals surface area contributed by atoms with Crippen LogP contribution in [0, 0.1) is 0 Å². The largest absolute Gasteiger partial charge is 0.396 e. The van der Waals surface area contributed by atoms with Gasteiger partial charge in [-0.2, -0.15) is 0 Å². The van der Waals surface area contributed by atoms with Crippen molar-refractivity contribution >= 4 is 0 Å². The molecule has 0 amide bonds. The SMILES string of the molecule is N[C@@H](CCO)c1ccc(CCO)cc1. The zero-order valence-corrected chi connectivity index (χ0v) is 8.19. The molecule has 0 radical (unpaired) electrons. The van der Waals surface area contributed by atoms with E-state index in [1.54, 1.807) is 0 Å². The standard InChI is InChI=1S/C11H17NO2/c12-11(6-8-14)10-3-1-9(2-4-10)5-7-13/h1-4,11,13-14H,5-8,12H2/t11-/m0/s1. The Balaban J connectivity index is 2.62. The maximum absolute atomic E-state index is 8.72. The third-order valence-corrected chi connectivity index (χ3v) is 2.25. The molecule has 1 aromatic rings. The molecule has 3 heteroatoms. The number of aliphatic hydroxyl groups excluding tert-OH is 2. The van der Waals surface area contributed by atoms with Crippen LogP contribution in [0.2, 0.25) is 0 Å². The zero-order chi connectivity index (χ0) is 10.4. The fraction of sp³-hybridized carbons (Fsp3) is 0.455. The van der Waals surface area contributed by atoms with Gasteiger partial charge in [0.2, 0.25) is 0 Å². The van der Waals surface area contributed by atoms with Crippen LogP contribution >= 0.6 is 0 Å². The van der Waals surface area contributed by atoms with E-state index in [0.717, 1.165) is 11.1 Å². The average molecular weight is 195 g/mol. The summed E-state index contributed by atoms with van der Waals surface area (Å²) >= 11 is 0. The molecule has 0 fully saturated rings. The molecule has 0 spiro atoms. The van der Waals surface area contributed by atoms with Gasteiger partial charge in [-0.3, -0.25) is 0 Å². The number of nitrogens with two attached hydrogens (primary N) is 1. The Labute approximate surface area is 84.2 Å². The van der Waals surface area contributed by atoms with E-state index in [2.05, 4.69) is 0 Å². The molecule has 0 aliphatic heterocycles. The first-order valence-electron chi connectivity index (χ1n) is 4.84. The van der Waals surface area contributed by atoms with E-state index >= 15 is 0 Å². The molecule has 3 nitrogen and oxygen atoms in total. The Kier molecular flexibility index (Phi) is 4.59. The predicted molar refractivity (Wildman–Crippen MR) is 55.9 cm³/mol. The lowest BCUT2D eigenvalue weighted by atomic mass is 10.0. The number of hydrogen-bond donors (Lipinski definition) is 3. The van der Waals surface area contributed by atoms with E-state index in [9.17, 15) is 0 Å². The molecule has 0 bridgehead atoms. The van der Waals surface area contributed by atoms with Crippen molar-refractivity contribution in [1.82, 2.24) is 0 Å². The normalized spacial score (nSPS) is 12.8. The minimum atomic E-state index is -0.0943. The van der Waals surface area contributed by atoms with E-state index in [1.807, 2.05) is 24.3 Å². The van der Waals surface area contributed by atoms with Gasteiger partial charge >= 0.3 is 0 Å². The lowest BCUT2D eigenvalue weighted by Gasteiger charge is -2.10. The molecular formula is C11H17NO2. The molecule has 0 aromatic heterocycles. The van der Waals surface area contributed by atoms with E-state index in [1.165, 1.54) is 0 Å². The summed E-state index contributed by atoms with van der Waals surface area (Å²) in [5.41, 5.74) is 7.95. The first kappa shape index (κ1) is 11.2. The van der Waals surface area contributed by atoms with Crippen LogP contribution in [-0.4, -0.2) is 23.4 Å². The fourth-order valence-electron chi connectivity index (χ4n) is 1.37. The first-order chi connectivity index (χ1) is 6.77. The molecule has 0 saturated carbocycles. The fourth-order valence-corrected chi connectivity index (χ4v) is 1.37. The molecule has 0 saturated heterocycles. The molecule has 1 rings (SSSR count). The molecule has 0 unspecified atom stereocenters. The summed E-state index contributed by atoms with van der Waals surface area (Å²) in [4.78, 5) is 0. The number of aliphatic hydroxyl groups is 2. The van der Waals surface area contributed by atoms with Gasteiger partial charge in [0.15, 0.2) is 0 Å². The minimum absolute atomic E-state index is 0.0943. The van der Waals surface area contributed by atoms with Crippen molar-refractivity contribution < 1.29 is 10.2 Å². The van der Waals surface area contributed by atoms with E-state index in [-0.39, 0.29) is 19.3 Å². The van der Waals surface area contributed by atoms with Crippen LogP contribution < -0.4 is 5.73 Å². The minimum Gasteiger partial charge on any atom is -0.396 e. The zero-order valence-electron chi connectivity index (χ0n) is 8.19. The summed E-state index contributed by atoms with van der Waals surface area (Å²) < 4.78 is 0. The van der Waals surface area contributed by atoms with Crippen molar-refractivity contribution in [1.29, 1.82) is 0 Å². The van der Waals surface area contributed by atoms with Crippen LogP contribution in [0.4, 0.5) is 0 Å². The van der Waals surface area contributed by atoms with Crippen LogP contribution in [0.25, 0.3) is 0 Å². The maximum atomic E-state index is 8.72. The second kappa shape index (κ2) is 5.75. The summed E-state index contributed by atoms with van der Waals surface area (Å²) in [7, 11) is 0. The lowest BCUT2D eigenvalue weighted by Crippen LogP contribution is -2.11. The molecule has 78 valence electrons. The quantitative estimate of drug-likeness (QED) is 0.644. The Hall–Kier alpha value is -0.900. The van der Waals surface area contributed by atoms with Crippen molar-refractivity contribution in [2.45, 2.75) is 18.9 Å². The average Bonchev–Trinajstić information content (AvgIpc) is 2.20.